The maximum absolute atomic E-state index is 14.4. The van der Waals surface area contributed by atoms with Gasteiger partial charge in [0, 0.05) is 61.7 Å². The first-order valence-electron chi connectivity index (χ1n) is 13.5. The van der Waals surface area contributed by atoms with E-state index in [2.05, 4.69) is 32.1 Å². The number of nitrogens with zero attached hydrogens (tertiary/aromatic N) is 6. The second-order valence-corrected chi connectivity index (χ2v) is 11.9. The van der Waals surface area contributed by atoms with Crippen LogP contribution >= 0.6 is 22.9 Å². The Hall–Kier alpha value is -2.07. The Morgan fingerprint density at radius 1 is 1.16 bits per heavy atom. The van der Waals surface area contributed by atoms with Crippen LogP contribution in [0.1, 0.15) is 36.6 Å². The molecule has 1 aromatic carbocycles. The molecule has 0 amide bonds. The zero-order valence-electron chi connectivity index (χ0n) is 23.8. The minimum absolute atomic E-state index is 0. The average Bonchev–Trinajstić information content (AvgIpc) is 3.53. The van der Waals surface area contributed by atoms with Crippen molar-refractivity contribution in [1.82, 2.24) is 24.8 Å². The Morgan fingerprint density at radius 3 is 2.56 bits per heavy atom. The van der Waals surface area contributed by atoms with Crippen molar-refractivity contribution in [3.8, 4) is 11.3 Å². The normalized spacial score (nSPS) is 18.1. The van der Waals surface area contributed by atoms with Gasteiger partial charge in [0.15, 0.2) is 16.8 Å². The molecule has 2 aliphatic heterocycles. The molecule has 0 saturated carbocycles. The zero-order chi connectivity index (χ0) is 30.0. The molecule has 2 aliphatic rings. The van der Waals surface area contributed by atoms with E-state index in [-0.39, 0.29) is 58.1 Å². The van der Waals surface area contributed by atoms with Crippen molar-refractivity contribution in [2.24, 2.45) is 0 Å². The first-order chi connectivity index (χ1) is 20.0. The summed E-state index contributed by atoms with van der Waals surface area (Å²) in [5.41, 5.74) is -0.770. The van der Waals surface area contributed by atoms with Crippen LogP contribution in [-0.4, -0.2) is 76.0 Å². The minimum atomic E-state index is -4.71. The number of carbonyl (C=O) groups excluding carboxylic acids is 1. The van der Waals surface area contributed by atoms with E-state index in [0.717, 1.165) is 31.5 Å². The second-order valence-electron chi connectivity index (χ2n) is 10.4. The molecule has 9 nitrogen and oxygen atoms in total. The van der Waals surface area contributed by atoms with Gasteiger partial charge in [0.1, 0.15) is 17.2 Å². The Labute approximate surface area is 277 Å². The van der Waals surface area contributed by atoms with Gasteiger partial charge in [-0.25, -0.2) is 19.3 Å². The first-order valence-corrected chi connectivity index (χ1v) is 14.7. The first kappa shape index (κ1) is 33.8. The number of hydrogen-bond acceptors (Lipinski definition) is 10. The molecule has 0 spiro atoms. The molecule has 226 valence electrons. The van der Waals surface area contributed by atoms with Gasteiger partial charge in [0.05, 0.1) is 11.3 Å². The van der Waals surface area contributed by atoms with E-state index in [0.29, 0.717) is 67.2 Å². The molecular formula is C27H29ClF4N7NaO2S. The summed E-state index contributed by atoms with van der Waals surface area (Å²) in [4.78, 5) is 30.9. The van der Waals surface area contributed by atoms with E-state index < -0.39 is 23.5 Å². The van der Waals surface area contributed by atoms with Crippen molar-refractivity contribution in [3.05, 3.63) is 45.8 Å². The van der Waals surface area contributed by atoms with Gasteiger partial charge < -0.3 is 20.1 Å². The number of hydrogen-bond donors (Lipinski definition) is 1. The molecule has 3 aromatic rings. The van der Waals surface area contributed by atoms with Crippen LogP contribution in [0.3, 0.4) is 0 Å². The Balaban J connectivity index is 0.00000423. The van der Waals surface area contributed by atoms with Gasteiger partial charge in [-0.05, 0) is 50.9 Å². The molecule has 0 radical (unpaired) electrons. The third-order valence-electron chi connectivity index (χ3n) is 7.53. The number of anilines is 3. The maximum Gasteiger partial charge on any atom is 1.00 e. The number of carbonyl (C=O) groups is 1. The summed E-state index contributed by atoms with van der Waals surface area (Å²) < 4.78 is 54.8. The van der Waals surface area contributed by atoms with E-state index in [1.807, 2.05) is 9.80 Å². The van der Waals surface area contributed by atoms with Gasteiger partial charge in [-0.1, -0.05) is 22.9 Å². The number of likely N-dealkylation sites (tertiary alicyclic amines) is 1. The molecule has 4 heterocycles. The number of aromatic nitrogens is 3. The van der Waals surface area contributed by atoms with Crippen LogP contribution in [0.2, 0.25) is 5.02 Å². The maximum atomic E-state index is 14.4. The number of halogens is 5. The summed E-state index contributed by atoms with van der Waals surface area (Å²) in [6.45, 7) is 6.20. The van der Waals surface area contributed by atoms with Crippen LogP contribution < -0.4 is 44.9 Å². The van der Waals surface area contributed by atoms with Gasteiger partial charge in [-0.15, -0.1) is 0 Å². The smallest absolute Gasteiger partial charge is 0.550 e. The topological polar surface area (TPSA) is 101 Å². The van der Waals surface area contributed by atoms with Gasteiger partial charge in [0.25, 0.3) is 0 Å². The largest absolute Gasteiger partial charge is 1.00 e. The Morgan fingerprint density at radius 2 is 1.91 bits per heavy atom. The number of rotatable bonds is 9. The fraction of sp³-hybridized carbons (Fsp3) is 0.481. The molecule has 16 heteroatoms. The van der Waals surface area contributed by atoms with Crippen molar-refractivity contribution in [3.63, 3.8) is 0 Å². The molecule has 2 saturated heterocycles. The quantitative estimate of drug-likeness (QED) is 0.273. The van der Waals surface area contributed by atoms with Gasteiger partial charge in [-0.3, -0.25) is 9.80 Å². The summed E-state index contributed by atoms with van der Waals surface area (Å²) in [6, 6.07) is 2.76. The fourth-order valence-corrected chi connectivity index (χ4v) is 6.52. The fourth-order valence-electron chi connectivity index (χ4n) is 5.24. The van der Waals surface area contributed by atoms with Crippen LogP contribution in [0.5, 0.6) is 0 Å². The molecule has 43 heavy (non-hydrogen) atoms. The standard InChI is InChI=1S/C27H30ClF4N7O2S.Na/c1-16-3-2-5-39(16)14-20-23(17-11-18(27(30,31)32)13-19(29)12-17)35-26(42-20)36-24-22(28)25(34-15-33-24)38-9-7-37(8-10-38)6-4-21(40)41;/h11-13,15-16H,2-10,14H2,1H3,(H,40,41)(H,33,34,35,36);/q;+1/p-1/t16-;/m1./s1. The van der Waals surface area contributed by atoms with Crippen LogP contribution in [0.25, 0.3) is 11.3 Å². The zero-order valence-corrected chi connectivity index (χ0v) is 27.3. The van der Waals surface area contributed by atoms with Crippen LogP contribution in [-0.2, 0) is 17.5 Å². The molecule has 1 atom stereocenters. The van der Waals surface area contributed by atoms with Crippen molar-refractivity contribution >= 4 is 45.7 Å². The SMILES string of the molecule is C[C@@H]1CCCN1Cc1sc(Nc2ncnc(N3CCN(CCC(=O)[O-])CC3)c2Cl)nc1-c1cc(F)cc(C(F)(F)F)c1.[Na+]. The number of alkyl halides is 3. The van der Waals surface area contributed by atoms with Crippen LogP contribution in [0, 0.1) is 5.82 Å². The third kappa shape index (κ3) is 8.35. The molecule has 2 aromatic heterocycles. The number of thiazole rings is 1. The summed E-state index contributed by atoms with van der Waals surface area (Å²) >= 11 is 7.96. The molecular weight excluding hydrogens is 621 g/mol. The Kier molecular flexibility index (Phi) is 11.3. The molecule has 0 bridgehead atoms. The summed E-state index contributed by atoms with van der Waals surface area (Å²) in [6.07, 6.45) is -1.36. The Bertz CT molecular complexity index is 1440. The van der Waals surface area contributed by atoms with E-state index in [4.69, 9.17) is 11.6 Å². The number of carboxylic acids is 1. The second kappa shape index (κ2) is 14.4. The summed E-state index contributed by atoms with van der Waals surface area (Å²) in [7, 11) is 0. The van der Waals surface area contributed by atoms with Gasteiger partial charge >= 0.3 is 35.7 Å². The van der Waals surface area contributed by atoms with Gasteiger partial charge in [0.2, 0.25) is 0 Å². The van der Waals surface area contributed by atoms with Crippen LogP contribution in [0.15, 0.2) is 24.5 Å². The molecule has 1 N–H and O–H groups in total. The van der Waals surface area contributed by atoms with Crippen molar-refractivity contribution < 1.29 is 57.0 Å². The summed E-state index contributed by atoms with van der Waals surface area (Å²) in [5, 5.41) is 14.5. The van der Waals surface area contributed by atoms with Crippen molar-refractivity contribution in [1.29, 1.82) is 0 Å². The van der Waals surface area contributed by atoms with Gasteiger partial charge in [-0.2, -0.15) is 13.2 Å². The van der Waals surface area contributed by atoms with E-state index in [9.17, 15) is 27.5 Å². The van der Waals surface area contributed by atoms with E-state index in [1.54, 1.807) is 0 Å². The predicted octanol–water partition coefficient (Wildman–Crippen LogP) is 1.41. The number of benzene rings is 1. The molecule has 2 fully saturated rings. The number of carboxylic acid groups (broad SMARTS) is 1. The monoisotopic (exact) mass is 649 g/mol. The minimum Gasteiger partial charge on any atom is -0.550 e. The average molecular weight is 650 g/mol. The van der Waals surface area contributed by atoms with Crippen molar-refractivity contribution in [2.75, 3.05) is 49.5 Å². The van der Waals surface area contributed by atoms with Crippen LogP contribution in [0.4, 0.5) is 34.3 Å². The number of aliphatic carboxylic acids is 1. The van der Waals surface area contributed by atoms with E-state index in [1.165, 1.54) is 17.7 Å². The summed E-state index contributed by atoms with van der Waals surface area (Å²) in [5.74, 6) is -1.31. The van der Waals surface area contributed by atoms with E-state index >= 15 is 0 Å². The number of nitrogens with one attached hydrogen (secondary N) is 1. The number of piperazine rings is 1. The molecule has 0 unspecified atom stereocenters. The predicted molar refractivity (Wildman–Crippen MR) is 150 cm³/mol. The molecule has 0 aliphatic carbocycles. The van der Waals surface area contributed by atoms with Crippen molar-refractivity contribution in [2.45, 2.75) is 44.9 Å². The third-order valence-corrected chi connectivity index (χ3v) is 8.84. The molecule has 5 rings (SSSR count).